The molecule has 34 heavy (non-hydrogen) atoms. The molecular weight excluding hydrogens is 430 g/mol. The highest BCUT2D eigenvalue weighted by Crippen LogP contribution is 2.26. The monoisotopic (exact) mass is 453 g/mol. The zero-order valence-corrected chi connectivity index (χ0v) is 18.8. The third-order valence-electron chi connectivity index (χ3n) is 5.40. The van der Waals surface area contributed by atoms with Crippen molar-refractivity contribution in [2.45, 2.75) is 26.5 Å². The van der Waals surface area contributed by atoms with Crippen molar-refractivity contribution < 1.29 is 13.9 Å². The second-order valence-electron chi connectivity index (χ2n) is 8.25. The van der Waals surface area contributed by atoms with Crippen molar-refractivity contribution in [1.29, 1.82) is 0 Å². The van der Waals surface area contributed by atoms with Crippen molar-refractivity contribution in [3.8, 4) is 5.75 Å². The summed E-state index contributed by atoms with van der Waals surface area (Å²) in [6.45, 7) is 4.35. The lowest BCUT2D eigenvalue weighted by atomic mass is 10.1. The lowest BCUT2D eigenvalue weighted by Gasteiger charge is -2.12. The van der Waals surface area contributed by atoms with E-state index < -0.39 is 11.5 Å². The van der Waals surface area contributed by atoms with Crippen LogP contribution < -0.4 is 15.7 Å². The van der Waals surface area contributed by atoms with Gasteiger partial charge in [-0.15, -0.1) is 0 Å². The number of aromatic nitrogens is 2. The molecule has 7 heteroatoms. The Kier molecular flexibility index (Phi) is 5.59. The first kappa shape index (κ1) is 21.5. The first-order valence-corrected chi connectivity index (χ1v) is 11.0. The maximum atomic E-state index is 13.3. The van der Waals surface area contributed by atoms with Crippen LogP contribution in [0.4, 0.5) is 5.95 Å². The molecule has 0 atom stereocenters. The van der Waals surface area contributed by atoms with Crippen LogP contribution in [0.1, 0.15) is 29.8 Å². The molecule has 0 fully saturated rings. The highest BCUT2D eigenvalue weighted by molar-refractivity contribution is 6.11. The van der Waals surface area contributed by atoms with Crippen LogP contribution in [0, 0.1) is 0 Å². The van der Waals surface area contributed by atoms with Gasteiger partial charge in [0.1, 0.15) is 11.3 Å². The summed E-state index contributed by atoms with van der Waals surface area (Å²) in [5, 5.41) is 3.42. The fourth-order valence-electron chi connectivity index (χ4n) is 3.94. The molecule has 170 valence electrons. The van der Waals surface area contributed by atoms with Gasteiger partial charge in [0.05, 0.1) is 29.2 Å². The van der Waals surface area contributed by atoms with E-state index >= 15 is 0 Å². The predicted molar refractivity (Wildman–Crippen MR) is 131 cm³/mol. The van der Waals surface area contributed by atoms with E-state index in [2.05, 4.69) is 10.3 Å². The minimum Gasteiger partial charge on any atom is -0.491 e. The summed E-state index contributed by atoms with van der Waals surface area (Å²) in [7, 11) is 0. The van der Waals surface area contributed by atoms with Crippen LogP contribution in [0.3, 0.4) is 0 Å². The molecule has 0 unspecified atom stereocenters. The van der Waals surface area contributed by atoms with Gasteiger partial charge in [-0.2, -0.15) is 0 Å². The maximum absolute atomic E-state index is 13.3. The highest BCUT2D eigenvalue weighted by Gasteiger charge is 2.18. The van der Waals surface area contributed by atoms with Crippen molar-refractivity contribution >= 4 is 33.9 Å². The van der Waals surface area contributed by atoms with Gasteiger partial charge in [0, 0.05) is 17.5 Å². The largest absolute Gasteiger partial charge is 0.491 e. The third-order valence-corrected chi connectivity index (χ3v) is 5.40. The molecule has 5 rings (SSSR count). The molecule has 0 bridgehead atoms. The molecule has 0 spiro atoms. The van der Waals surface area contributed by atoms with Crippen molar-refractivity contribution in [2.75, 3.05) is 5.32 Å². The Hall–Kier alpha value is -4.39. The van der Waals surface area contributed by atoms with Gasteiger partial charge in [0.15, 0.2) is 0 Å². The van der Waals surface area contributed by atoms with Crippen molar-refractivity contribution in [2.24, 2.45) is 0 Å². The SMILES string of the molecule is CC(C)Oc1ccc2c(C(=O)Nc3nc4ccccc4n3Cc3ccccc3)cc(=O)oc2c1. The van der Waals surface area contributed by atoms with E-state index in [0.29, 0.717) is 23.6 Å². The first-order valence-electron chi connectivity index (χ1n) is 11.0. The summed E-state index contributed by atoms with van der Waals surface area (Å²) in [5.74, 6) is 0.518. The van der Waals surface area contributed by atoms with Gasteiger partial charge in [-0.1, -0.05) is 42.5 Å². The van der Waals surface area contributed by atoms with Gasteiger partial charge in [-0.3, -0.25) is 10.1 Å². The fourth-order valence-corrected chi connectivity index (χ4v) is 3.94. The van der Waals surface area contributed by atoms with Crippen LogP contribution in [0.25, 0.3) is 22.0 Å². The number of hydrogen-bond donors (Lipinski definition) is 1. The number of rotatable bonds is 6. The molecule has 1 amide bonds. The topological polar surface area (TPSA) is 86.4 Å². The first-order chi connectivity index (χ1) is 16.5. The van der Waals surface area contributed by atoms with E-state index in [0.717, 1.165) is 16.6 Å². The van der Waals surface area contributed by atoms with Gasteiger partial charge in [-0.25, -0.2) is 9.78 Å². The van der Waals surface area contributed by atoms with E-state index in [1.807, 2.05) is 73.0 Å². The molecule has 3 aromatic carbocycles. The molecule has 1 N–H and O–H groups in total. The molecule has 0 aliphatic carbocycles. The molecule has 0 aliphatic heterocycles. The molecule has 2 heterocycles. The van der Waals surface area contributed by atoms with Crippen molar-refractivity contribution in [3.05, 3.63) is 100 Å². The number of carbonyl (C=O) groups excluding carboxylic acids is 1. The van der Waals surface area contributed by atoms with E-state index in [1.54, 1.807) is 18.2 Å². The summed E-state index contributed by atoms with van der Waals surface area (Å²) in [6.07, 6.45) is -0.0340. The Bertz CT molecular complexity index is 1550. The standard InChI is InChI=1S/C27H23N3O4/c1-17(2)33-19-12-13-20-21(15-25(31)34-24(20)14-19)26(32)29-27-28-22-10-6-7-11-23(22)30(27)16-18-8-4-3-5-9-18/h3-15,17H,16H2,1-2H3,(H,28,29,32). The van der Waals surface area contributed by atoms with E-state index in [9.17, 15) is 9.59 Å². The number of anilines is 1. The zero-order valence-electron chi connectivity index (χ0n) is 18.8. The van der Waals surface area contributed by atoms with Crippen molar-refractivity contribution in [3.63, 3.8) is 0 Å². The van der Waals surface area contributed by atoms with Crippen molar-refractivity contribution in [1.82, 2.24) is 9.55 Å². The second kappa shape index (κ2) is 8.86. The molecule has 0 saturated heterocycles. The average Bonchev–Trinajstić information content (AvgIpc) is 3.15. The van der Waals surface area contributed by atoms with Gasteiger partial charge in [0.2, 0.25) is 5.95 Å². The number of ether oxygens (including phenoxy) is 1. The summed E-state index contributed by atoms with van der Waals surface area (Å²) < 4.78 is 13.0. The van der Waals surface area contributed by atoms with E-state index in [-0.39, 0.29) is 17.3 Å². The molecule has 2 aromatic heterocycles. The molecule has 0 radical (unpaired) electrons. The summed E-state index contributed by atoms with van der Waals surface area (Å²) in [4.78, 5) is 30.2. The molecule has 7 nitrogen and oxygen atoms in total. The number of imidazole rings is 1. The van der Waals surface area contributed by atoms with Gasteiger partial charge >= 0.3 is 5.63 Å². The number of nitrogens with one attached hydrogen (secondary N) is 1. The Balaban J connectivity index is 1.54. The molecule has 0 saturated carbocycles. The minimum atomic E-state index is -0.614. The number of amides is 1. The van der Waals surface area contributed by atoms with Crippen LogP contribution in [-0.4, -0.2) is 21.6 Å². The fraction of sp³-hybridized carbons (Fsp3) is 0.148. The quantitative estimate of drug-likeness (QED) is 0.356. The Morgan fingerprint density at radius 3 is 2.59 bits per heavy atom. The van der Waals surface area contributed by atoms with Gasteiger partial charge < -0.3 is 13.7 Å². The Morgan fingerprint density at radius 1 is 1.03 bits per heavy atom. The minimum absolute atomic E-state index is 0.0340. The van der Waals surface area contributed by atoms with Crippen LogP contribution in [0.2, 0.25) is 0 Å². The smallest absolute Gasteiger partial charge is 0.337 e. The number of hydrogen-bond acceptors (Lipinski definition) is 5. The summed E-state index contributed by atoms with van der Waals surface area (Å²) in [6, 6.07) is 23.9. The van der Waals surface area contributed by atoms with Crippen LogP contribution in [0.5, 0.6) is 5.75 Å². The lowest BCUT2D eigenvalue weighted by molar-refractivity contribution is 0.102. The summed E-state index contributed by atoms with van der Waals surface area (Å²) in [5.41, 5.74) is 2.62. The predicted octanol–water partition coefficient (Wildman–Crippen LogP) is 5.23. The average molecular weight is 453 g/mol. The Labute approximate surface area is 195 Å². The zero-order chi connectivity index (χ0) is 23.7. The third kappa shape index (κ3) is 4.28. The number of nitrogens with zero attached hydrogens (tertiary/aromatic N) is 2. The van der Waals surface area contributed by atoms with Crippen LogP contribution >= 0.6 is 0 Å². The van der Waals surface area contributed by atoms with E-state index in [1.165, 1.54) is 6.07 Å². The van der Waals surface area contributed by atoms with Gasteiger partial charge in [-0.05, 0) is 43.7 Å². The molecule has 0 aliphatic rings. The maximum Gasteiger partial charge on any atom is 0.337 e. The number of fused-ring (bicyclic) bond motifs is 2. The number of benzene rings is 3. The number of para-hydroxylation sites is 2. The highest BCUT2D eigenvalue weighted by atomic mass is 16.5. The van der Waals surface area contributed by atoms with Gasteiger partial charge in [0.25, 0.3) is 5.91 Å². The lowest BCUT2D eigenvalue weighted by Crippen LogP contribution is -2.18. The Morgan fingerprint density at radius 2 is 1.79 bits per heavy atom. The molecular formula is C27H23N3O4. The van der Waals surface area contributed by atoms with Crippen LogP contribution in [-0.2, 0) is 6.54 Å². The molecule has 5 aromatic rings. The van der Waals surface area contributed by atoms with Crippen LogP contribution in [0.15, 0.2) is 88.1 Å². The normalized spacial score (nSPS) is 11.3. The summed E-state index contributed by atoms with van der Waals surface area (Å²) >= 11 is 0. The second-order valence-corrected chi connectivity index (χ2v) is 8.25. The number of carbonyl (C=O) groups is 1. The van der Waals surface area contributed by atoms with E-state index in [4.69, 9.17) is 9.15 Å².